The average molecular weight is 390 g/mol. The fourth-order valence-electron chi connectivity index (χ4n) is 3.76. The van der Waals surface area contributed by atoms with Gasteiger partial charge in [-0.05, 0) is 44.4 Å². The summed E-state index contributed by atoms with van der Waals surface area (Å²) in [6.45, 7) is 5.14. The Morgan fingerprint density at radius 3 is 2.66 bits per heavy atom. The lowest BCUT2D eigenvalue weighted by atomic mass is 10.1. The third-order valence-electron chi connectivity index (χ3n) is 5.25. The van der Waals surface area contributed by atoms with Gasteiger partial charge < -0.3 is 14.2 Å². The Hall–Kier alpha value is -3.20. The SMILES string of the molecule is CC#CCn1c(N2CCCCC2)nc2ccn(CCOc3ccccc3)c(=O)c21. The molecule has 0 N–H and O–H groups in total. The van der Waals surface area contributed by atoms with Crippen molar-refractivity contribution in [3.05, 3.63) is 52.9 Å². The zero-order valence-corrected chi connectivity index (χ0v) is 16.8. The zero-order valence-electron chi connectivity index (χ0n) is 16.8. The first-order valence-electron chi connectivity index (χ1n) is 10.2. The van der Waals surface area contributed by atoms with Gasteiger partial charge in [0.05, 0.1) is 18.6 Å². The van der Waals surface area contributed by atoms with Crippen molar-refractivity contribution in [3.63, 3.8) is 0 Å². The number of imidazole rings is 1. The predicted molar refractivity (Wildman–Crippen MR) is 115 cm³/mol. The van der Waals surface area contributed by atoms with E-state index in [1.54, 1.807) is 4.57 Å². The molecule has 0 radical (unpaired) electrons. The van der Waals surface area contributed by atoms with Gasteiger partial charge in [-0.2, -0.15) is 0 Å². The van der Waals surface area contributed by atoms with Crippen LogP contribution in [0.15, 0.2) is 47.4 Å². The molecular weight excluding hydrogens is 364 g/mol. The summed E-state index contributed by atoms with van der Waals surface area (Å²) in [5.41, 5.74) is 1.30. The molecule has 1 fully saturated rings. The maximum atomic E-state index is 13.2. The van der Waals surface area contributed by atoms with Crippen molar-refractivity contribution in [2.45, 2.75) is 39.3 Å². The topological polar surface area (TPSA) is 52.3 Å². The van der Waals surface area contributed by atoms with Crippen LogP contribution in [0.5, 0.6) is 5.75 Å². The van der Waals surface area contributed by atoms with Crippen LogP contribution in [0.2, 0.25) is 0 Å². The number of aromatic nitrogens is 3. The number of pyridine rings is 1. The largest absolute Gasteiger partial charge is 0.492 e. The molecule has 0 amide bonds. The Morgan fingerprint density at radius 1 is 1.10 bits per heavy atom. The van der Waals surface area contributed by atoms with Gasteiger partial charge in [0, 0.05) is 19.3 Å². The van der Waals surface area contributed by atoms with Crippen molar-refractivity contribution in [3.8, 4) is 17.6 Å². The monoisotopic (exact) mass is 390 g/mol. The number of rotatable bonds is 6. The molecule has 0 unspecified atom stereocenters. The van der Waals surface area contributed by atoms with Gasteiger partial charge in [0.25, 0.3) is 5.56 Å². The standard InChI is InChI=1S/C23H26N4O2/c1-2-3-15-27-21-20(24-23(27)26-13-8-5-9-14-26)12-16-25(22(21)28)17-18-29-19-10-6-4-7-11-19/h4,6-7,10-12,16H,5,8-9,13-15,17-18H2,1H3. The van der Waals surface area contributed by atoms with Crippen LogP contribution in [0.4, 0.5) is 5.95 Å². The minimum atomic E-state index is -0.0483. The second-order valence-corrected chi connectivity index (χ2v) is 7.18. The summed E-state index contributed by atoms with van der Waals surface area (Å²) in [5.74, 6) is 7.71. The van der Waals surface area contributed by atoms with Gasteiger partial charge in [0.2, 0.25) is 5.95 Å². The van der Waals surface area contributed by atoms with Crippen molar-refractivity contribution in [2.24, 2.45) is 0 Å². The molecule has 0 saturated carbocycles. The number of hydrogen-bond acceptors (Lipinski definition) is 4. The summed E-state index contributed by atoms with van der Waals surface area (Å²) in [4.78, 5) is 20.3. The maximum absolute atomic E-state index is 13.2. The van der Waals surface area contributed by atoms with Gasteiger partial charge in [-0.15, -0.1) is 5.92 Å². The summed E-state index contributed by atoms with van der Waals surface area (Å²) in [5, 5.41) is 0. The van der Waals surface area contributed by atoms with Gasteiger partial charge in [0.15, 0.2) is 0 Å². The first kappa shape index (κ1) is 19.1. The summed E-state index contributed by atoms with van der Waals surface area (Å²) < 4.78 is 9.44. The van der Waals surface area contributed by atoms with Gasteiger partial charge in [-0.1, -0.05) is 24.1 Å². The van der Waals surface area contributed by atoms with Gasteiger partial charge in [-0.25, -0.2) is 4.98 Å². The fraction of sp³-hybridized carbons (Fsp3) is 0.391. The first-order chi connectivity index (χ1) is 14.3. The second kappa shape index (κ2) is 8.87. The first-order valence-corrected chi connectivity index (χ1v) is 10.2. The van der Waals surface area contributed by atoms with Crippen LogP contribution in [0.1, 0.15) is 26.2 Å². The van der Waals surface area contributed by atoms with Crippen molar-refractivity contribution >= 4 is 17.0 Å². The second-order valence-electron chi connectivity index (χ2n) is 7.18. The normalized spacial score (nSPS) is 13.9. The quantitative estimate of drug-likeness (QED) is 0.606. The van der Waals surface area contributed by atoms with E-state index in [4.69, 9.17) is 9.72 Å². The molecule has 1 saturated heterocycles. The van der Waals surface area contributed by atoms with E-state index < -0.39 is 0 Å². The number of ether oxygens (including phenoxy) is 1. The van der Waals surface area contributed by atoms with E-state index in [0.29, 0.717) is 25.2 Å². The number of fused-ring (bicyclic) bond motifs is 1. The van der Waals surface area contributed by atoms with Crippen molar-refractivity contribution in [1.29, 1.82) is 0 Å². The van der Waals surface area contributed by atoms with E-state index in [1.165, 1.54) is 6.42 Å². The van der Waals surface area contributed by atoms with Crippen LogP contribution in [0, 0.1) is 11.8 Å². The van der Waals surface area contributed by atoms with Crippen LogP contribution >= 0.6 is 0 Å². The molecule has 4 rings (SSSR count). The zero-order chi connectivity index (χ0) is 20.1. The Balaban J connectivity index is 1.64. The Labute approximate surface area is 170 Å². The molecule has 0 atom stereocenters. The summed E-state index contributed by atoms with van der Waals surface area (Å²) in [6, 6.07) is 11.6. The molecule has 2 aromatic heterocycles. The van der Waals surface area contributed by atoms with Gasteiger partial charge in [-0.3, -0.25) is 9.36 Å². The van der Waals surface area contributed by atoms with Gasteiger partial charge >= 0.3 is 0 Å². The van der Waals surface area contributed by atoms with Crippen molar-refractivity contribution < 1.29 is 4.74 Å². The van der Waals surface area contributed by atoms with Crippen LogP contribution in [0.25, 0.3) is 11.0 Å². The molecule has 1 aromatic carbocycles. The van der Waals surface area contributed by atoms with E-state index >= 15 is 0 Å². The lowest BCUT2D eigenvalue weighted by molar-refractivity contribution is 0.296. The molecule has 150 valence electrons. The molecule has 1 aliphatic heterocycles. The highest BCUT2D eigenvalue weighted by molar-refractivity contribution is 5.78. The Morgan fingerprint density at radius 2 is 1.90 bits per heavy atom. The molecule has 29 heavy (non-hydrogen) atoms. The van der Waals surface area contributed by atoms with E-state index in [-0.39, 0.29) is 5.56 Å². The smallest absolute Gasteiger partial charge is 0.276 e. The Bertz CT molecular complexity index is 1080. The number of para-hydroxylation sites is 1. The third kappa shape index (κ3) is 4.14. The highest BCUT2D eigenvalue weighted by Crippen LogP contribution is 2.23. The van der Waals surface area contributed by atoms with Crippen LogP contribution in [0.3, 0.4) is 0 Å². The molecule has 0 spiro atoms. The van der Waals surface area contributed by atoms with E-state index in [1.807, 2.05) is 54.1 Å². The lowest BCUT2D eigenvalue weighted by Crippen LogP contribution is -2.32. The van der Waals surface area contributed by atoms with E-state index in [9.17, 15) is 4.79 Å². The van der Waals surface area contributed by atoms with Crippen LogP contribution in [-0.4, -0.2) is 33.8 Å². The molecule has 3 heterocycles. The minimum Gasteiger partial charge on any atom is -0.492 e. The average Bonchev–Trinajstić information content (AvgIpc) is 3.14. The Kier molecular flexibility index (Phi) is 5.85. The molecule has 6 heteroatoms. The number of benzene rings is 1. The molecule has 0 bridgehead atoms. The third-order valence-corrected chi connectivity index (χ3v) is 5.25. The molecular formula is C23H26N4O2. The predicted octanol–water partition coefficient (Wildman–Crippen LogP) is 3.29. The maximum Gasteiger partial charge on any atom is 0.276 e. The highest BCUT2D eigenvalue weighted by Gasteiger charge is 2.21. The molecule has 3 aromatic rings. The summed E-state index contributed by atoms with van der Waals surface area (Å²) in [6.07, 6.45) is 5.37. The van der Waals surface area contributed by atoms with Crippen molar-refractivity contribution in [2.75, 3.05) is 24.6 Å². The highest BCUT2D eigenvalue weighted by atomic mass is 16.5. The lowest BCUT2D eigenvalue weighted by Gasteiger charge is -2.27. The number of nitrogens with zero attached hydrogens (tertiary/aromatic N) is 4. The van der Waals surface area contributed by atoms with E-state index in [2.05, 4.69) is 16.7 Å². The number of hydrogen-bond donors (Lipinski definition) is 0. The molecule has 0 aliphatic carbocycles. The molecule has 6 nitrogen and oxygen atoms in total. The van der Waals surface area contributed by atoms with E-state index in [0.717, 1.165) is 43.1 Å². The van der Waals surface area contributed by atoms with Crippen LogP contribution < -0.4 is 15.2 Å². The van der Waals surface area contributed by atoms with Gasteiger partial charge in [0.1, 0.15) is 17.9 Å². The minimum absolute atomic E-state index is 0.0483. The fourth-order valence-corrected chi connectivity index (χ4v) is 3.76. The molecule has 1 aliphatic rings. The number of piperidine rings is 1. The van der Waals surface area contributed by atoms with Crippen LogP contribution in [-0.2, 0) is 13.1 Å². The van der Waals surface area contributed by atoms with Crippen molar-refractivity contribution in [1.82, 2.24) is 14.1 Å². The number of anilines is 1. The summed E-state index contributed by atoms with van der Waals surface area (Å²) in [7, 11) is 0. The summed E-state index contributed by atoms with van der Waals surface area (Å²) >= 11 is 0.